The van der Waals surface area contributed by atoms with Gasteiger partial charge in [0.15, 0.2) is 34.5 Å². The maximum Gasteiger partial charge on any atom is 0.244 e. The number of rotatable bonds is 24. The first-order valence-electron chi connectivity index (χ1n) is 22.7. The standard InChI is InChI=1S/C51H63N5O8S/c1-36(57)56-42(35-41(53-56)39-33-47(60-4)50(62-6)48(34-39)61-5)37-19-21-43(58-2)46(31-37)64-30-16-10-8-14-24-55-27-25-54(26-28-55)23-13-7-9-15-29-63-44-22-20-38(32-45(44)59-3)51-52-40-17-11-12-18-49(40)65-51/h11-12,17-22,31-35H,7-10,13-16,23-30H2,1-6H3. The van der Waals surface area contributed by atoms with Crippen molar-refractivity contribution in [1.29, 1.82) is 0 Å². The number of aromatic nitrogens is 3. The first kappa shape index (κ1) is 47.1. The molecule has 0 bridgehead atoms. The Balaban J connectivity index is 0.769. The highest BCUT2D eigenvalue weighted by atomic mass is 32.1. The molecule has 1 aliphatic rings. The van der Waals surface area contributed by atoms with Gasteiger partial charge in [-0.25, -0.2) is 4.98 Å². The zero-order valence-corrected chi connectivity index (χ0v) is 39.5. The number of piperazine rings is 1. The number of hydrogen-bond acceptors (Lipinski definition) is 13. The molecule has 0 N–H and O–H groups in total. The van der Waals surface area contributed by atoms with Crippen LogP contribution >= 0.6 is 11.3 Å². The first-order valence-corrected chi connectivity index (χ1v) is 23.5. The lowest BCUT2D eigenvalue weighted by atomic mass is 10.1. The van der Waals surface area contributed by atoms with Crippen LogP contribution in [0.1, 0.15) is 63.1 Å². The monoisotopic (exact) mass is 905 g/mol. The molecule has 0 aliphatic carbocycles. The van der Waals surface area contributed by atoms with E-state index in [2.05, 4.69) is 27.0 Å². The fourth-order valence-electron chi connectivity index (χ4n) is 8.24. The molecule has 0 atom stereocenters. The predicted molar refractivity (Wildman–Crippen MR) is 258 cm³/mol. The van der Waals surface area contributed by atoms with E-state index in [1.54, 1.807) is 46.9 Å². The maximum absolute atomic E-state index is 12.8. The number of fused-ring (bicyclic) bond motifs is 1. The van der Waals surface area contributed by atoms with Gasteiger partial charge in [0.2, 0.25) is 11.7 Å². The van der Waals surface area contributed by atoms with Gasteiger partial charge >= 0.3 is 0 Å². The molecule has 6 aromatic rings. The Morgan fingerprint density at radius 2 is 1.12 bits per heavy atom. The molecule has 0 saturated carbocycles. The van der Waals surface area contributed by atoms with Crippen molar-refractivity contribution in [2.24, 2.45) is 0 Å². The minimum atomic E-state index is -0.217. The molecular weight excluding hydrogens is 843 g/mol. The molecule has 14 heteroatoms. The van der Waals surface area contributed by atoms with Gasteiger partial charge in [0, 0.05) is 49.8 Å². The molecule has 1 saturated heterocycles. The summed E-state index contributed by atoms with van der Waals surface area (Å²) in [5.74, 6) is 4.06. The highest BCUT2D eigenvalue weighted by molar-refractivity contribution is 7.21. The van der Waals surface area contributed by atoms with Crippen molar-refractivity contribution in [2.45, 2.75) is 58.3 Å². The van der Waals surface area contributed by atoms with Crippen molar-refractivity contribution < 1.29 is 38.0 Å². The quantitative estimate of drug-likeness (QED) is 0.0538. The lowest BCUT2D eigenvalue weighted by Gasteiger charge is -2.34. The van der Waals surface area contributed by atoms with Gasteiger partial charge in [-0.15, -0.1) is 11.3 Å². The summed E-state index contributed by atoms with van der Waals surface area (Å²) in [5, 5.41) is 5.64. The third-order valence-corrected chi connectivity index (χ3v) is 12.9. The lowest BCUT2D eigenvalue weighted by molar-refractivity contribution is 0.0923. The Labute approximate surface area is 387 Å². The van der Waals surface area contributed by atoms with Crippen molar-refractivity contribution in [1.82, 2.24) is 24.6 Å². The molecule has 1 aliphatic heterocycles. The summed E-state index contributed by atoms with van der Waals surface area (Å²) in [7, 11) is 8.02. The zero-order valence-electron chi connectivity index (χ0n) is 38.7. The van der Waals surface area contributed by atoms with Gasteiger partial charge < -0.3 is 43.0 Å². The zero-order chi connectivity index (χ0) is 45.5. The van der Waals surface area contributed by atoms with Crippen molar-refractivity contribution in [3.8, 4) is 73.3 Å². The van der Waals surface area contributed by atoms with Crippen LogP contribution < -0.4 is 33.2 Å². The molecule has 65 heavy (non-hydrogen) atoms. The van der Waals surface area contributed by atoms with Gasteiger partial charge in [-0.3, -0.25) is 4.79 Å². The second-order valence-corrected chi connectivity index (χ2v) is 17.2. The lowest BCUT2D eigenvalue weighted by Crippen LogP contribution is -2.46. The molecule has 3 heterocycles. The third kappa shape index (κ3) is 12.1. The van der Waals surface area contributed by atoms with Gasteiger partial charge in [0.25, 0.3) is 0 Å². The van der Waals surface area contributed by atoms with Gasteiger partial charge in [-0.2, -0.15) is 9.78 Å². The Hall–Kier alpha value is -5.83. The molecular formula is C51H63N5O8S. The molecule has 0 amide bonds. The topological polar surface area (TPSA) is 119 Å². The van der Waals surface area contributed by atoms with Crippen LogP contribution in [0.3, 0.4) is 0 Å². The van der Waals surface area contributed by atoms with Crippen LogP contribution in [0.5, 0.6) is 40.2 Å². The molecule has 7 rings (SSSR count). The van der Waals surface area contributed by atoms with Crippen LogP contribution in [0.2, 0.25) is 0 Å². The second-order valence-electron chi connectivity index (χ2n) is 16.2. The Bertz CT molecular complexity index is 2420. The fourth-order valence-corrected chi connectivity index (χ4v) is 9.21. The number of hydrogen-bond donors (Lipinski definition) is 0. The fraction of sp³-hybridized carbons (Fsp3) is 0.431. The summed E-state index contributed by atoms with van der Waals surface area (Å²) in [6.07, 6.45) is 9.00. The number of benzene rings is 4. The van der Waals surface area contributed by atoms with Crippen LogP contribution in [0.15, 0.2) is 78.9 Å². The van der Waals surface area contributed by atoms with E-state index in [4.69, 9.17) is 38.1 Å². The molecule has 346 valence electrons. The van der Waals surface area contributed by atoms with Crippen molar-refractivity contribution >= 4 is 27.5 Å². The number of thiazole rings is 1. The highest BCUT2D eigenvalue weighted by Crippen LogP contribution is 2.42. The SMILES string of the molecule is COc1cc(-c2nc3ccccc3s2)ccc1OCCCCCCN1CCN(CCCCCCOc2cc(-c3cc(-c4cc(OC)c(OC)c(OC)c4)nn3C(C)=O)ccc2OC)CC1. The molecule has 2 aromatic heterocycles. The average molecular weight is 906 g/mol. The first-order chi connectivity index (χ1) is 31.8. The number of para-hydroxylation sites is 1. The summed E-state index contributed by atoms with van der Waals surface area (Å²) >= 11 is 1.69. The van der Waals surface area contributed by atoms with Crippen molar-refractivity contribution in [2.75, 3.05) is 88.0 Å². The largest absolute Gasteiger partial charge is 0.493 e. The number of carbonyl (C=O) groups is 1. The van der Waals surface area contributed by atoms with Gasteiger partial charge in [0.05, 0.1) is 70.4 Å². The third-order valence-electron chi connectivity index (χ3n) is 11.8. The van der Waals surface area contributed by atoms with E-state index in [9.17, 15) is 4.79 Å². The second kappa shape index (κ2) is 23.4. The Morgan fingerprint density at radius 3 is 1.72 bits per heavy atom. The minimum Gasteiger partial charge on any atom is -0.493 e. The van der Waals surface area contributed by atoms with E-state index >= 15 is 0 Å². The van der Waals surface area contributed by atoms with E-state index in [0.717, 1.165) is 104 Å². The van der Waals surface area contributed by atoms with Gasteiger partial charge in [0.1, 0.15) is 5.01 Å². The number of ether oxygens (including phenoxy) is 7. The van der Waals surface area contributed by atoms with Gasteiger partial charge in [-0.1, -0.05) is 37.8 Å². The van der Waals surface area contributed by atoms with Crippen LogP contribution in [0, 0.1) is 0 Å². The molecule has 13 nitrogen and oxygen atoms in total. The average Bonchev–Trinajstić information content (AvgIpc) is 3.99. The minimum absolute atomic E-state index is 0.217. The number of methoxy groups -OCH3 is 5. The van der Waals surface area contributed by atoms with Crippen LogP contribution in [-0.2, 0) is 0 Å². The van der Waals surface area contributed by atoms with Crippen LogP contribution in [0.25, 0.3) is 43.3 Å². The van der Waals surface area contributed by atoms with Crippen LogP contribution in [-0.4, -0.2) is 119 Å². The van der Waals surface area contributed by atoms with Crippen molar-refractivity contribution in [3.05, 3.63) is 78.9 Å². The predicted octanol–water partition coefficient (Wildman–Crippen LogP) is 10.4. The molecule has 0 radical (unpaired) electrons. The van der Waals surface area contributed by atoms with Gasteiger partial charge in [-0.05, 0) is 106 Å². The van der Waals surface area contributed by atoms with E-state index in [1.807, 2.05) is 66.7 Å². The summed E-state index contributed by atoms with van der Waals surface area (Å²) in [6, 6.07) is 25.5. The Kier molecular flexibility index (Phi) is 17.0. The maximum atomic E-state index is 12.8. The van der Waals surface area contributed by atoms with E-state index in [0.29, 0.717) is 53.3 Å². The van der Waals surface area contributed by atoms with E-state index in [-0.39, 0.29) is 5.91 Å². The smallest absolute Gasteiger partial charge is 0.244 e. The number of nitrogens with zero attached hydrogens (tertiary/aromatic N) is 5. The van der Waals surface area contributed by atoms with E-state index < -0.39 is 0 Å². The molecule has 0 unspecified atom stereocenters. The van der Waals surface area contributed by atoms with Crippen molar-refractivity contribution in [3.63, 3.8) is 0 Å². The number of unbranched alkanes of at least 4 members (excludes halogenated alkanes) is 6. The Morgan fingerprint density at radius 1 is 0.569 bits per heavy atom. The summed E-state index contributed by atoms with van der Waals surface area (Å²) in [6.45, 7) is 9.62. The summed E-state index contributed by atoms with van der Waals surface area (Å²) in [4.78, 5) is 22.8. The summed E-state index contributed by atoms with van der Waals surface area (Å²) < 4.78 is 42.9. The molecule has 4 aromatic carbocycles. The van der Waals surface area contributed by atoms with Crippen LogP contribution in [0.4, 0.5) is 0 Å². The van der Waals surface area contributed by atoms with E-state index in [1.165, 1.54) is 42.1 Å². The highest BCUT2D eigenvalue weighted by Gasteiger charge is 2.21. The molecule has 1 fully saturated rings. The number of carbonyl (C=O) groups excluding carboxylic acids is 1. The normalized spacial score (nSPS) is 13.2. The molecule has 0 spiro atoms. The summed E-state index contributed by atoms with van der Waals surface area (Å²) in [5.41, 5.74) is 4.78.